The molecule has 96 valence electrons. The molecule has 0 aliphatic carbocycles. The molecule has 2 nitrogen and oxygen atoms in total. The lowest BCUT2D eigenvalue weighted by molar-refractivity contribution is 0.0539. The van der Waals surface area contributed by atoms with Gasteiger partial charge in [0, 0.05) is 6.54 Å². The van der Waals surface area contributed by atoms with Crippen molar-refractivity contribution < 1.29 is 0 Å². The summed E-state index contributed by atoms with van der Waals surface area (Å²) in [6.07, 6.45) is 3.84. The highest BCUT2D eigenvalue weighted by Crippen LogP contribution is 2.37. The van der Waals surface area contributed by atoms with E-state index >= 15 is 0 Å². The summed E-state index contributed by atoms with van der Waals surface area (Å²) in [5.41, 5.74) is 6.22. The van der Waals surface area contributed by atoms with E-state index in [2.05, 4.69) is 32.6 Å². The molecule has 1 fully saturated rings. The third-order valence-corrected chi connectivity index (χ3v) is 4.19. The largest absolute Gasteiger partial charge is 0.330 e. The molecule has 1 heterocycles. The molecule has 0 aromatic carbocycles. The van der Waals surface area contributed by atoms with Crippen LogP contribution in [-0.2, 0) is 0 Å². The zero-order valence-corrected chi connectivity index (χ0v) is 11.6. The monoisotopic (exact) mass is 226 g/mol. The quantitative estimate of drug-likeness (QED) is 0.781. The predicted molar refractivity (Wildman–Crippen MR) is 71.5 cm³/mol. The molecule has 2 N–H and O–H groups in total. The normalized spacial score (nSPS) is 26.2. The Kier molecular flexibility index (Phi) is 5.26. The number of hydrogen-bond acceptors (Lipinski definition) is 2. The molecule has 1 aliphatic heterocycles. The second-order valence-electron chi connectivity index (χ2n) is 6.50. The van der Waals surface area contributed by atoms with Crippen LogP contribution in [0.25, 0.3) is 0 Å². The smallest absolute Gasteiger partial charge is 0.00152 e. The van der Waals surface area contributed by atoms with Gasteiger partial charge in [-0.2, -0.15) is 0 Å². The summed E-state index contributed by atoms with van der Waals surface area (Å²) < 4.78 is 0. The Balaban J connectivity index is 2.42. The first-order valence-electron chi connectivity index (χ1n) is 6.88. The molecule has 1 unspecified atom stereocenters. The van der Waals surface area contributed by atoms with Crippen LogP contribution in [0, 0.1) is 17.3 Å². The van der Waals surface area contributed by atoms with E-state index in [1.54, 1.807) is 0 Å². The van der Waals surface area contributed by atoms with E-state index in [9.17, 15) is 0 Å². The van der Waals surface area contributed by atoms with Gasteiger partial charge >= 0.3 is 0 Å². The van der Waals surface area contributed by atoms with Gasteiger partial charge in [-0.15, -0.1) is 0 Å². The molecular formula is C14H30N2. The van der Waals surface area contributed by atoms with Crippen LogP contribution in [0.4, 0.5) is 0 Å². The first-order valence-corrected chi connectivity index (χ1v) is 6.88. The number of likely N-dealkylation sites (tertiary alicyclic amines) is 1. The van der Waals surface area contributed by atoms with E-state index in [0.29, 0.717) is 5.41 Å². The topological polar surface area (TPSA) is 29.3 Å². The number of rotatable bonds is 5. The van der Waals surface area contributed by atoms with Crippen LogP contribution >= 0.6 is 0 Å². The van der Waals surface area contributed by atoms with Crippen LogP contribution in [-0.4, -0.2) is 31.1 Å². The molecule has 0 aromatic rings. The number of hydrogen-bond donors (Lipinski definition) is 1. The summed E-state index contributed by atoms with van der Waals surface area (Å²) in [5.74, 6) is 1.61. The summed E-state index contributed by atoms with van der Waals surface area (Å²) in [6, 6.07) is 0. The van der Waals surface area contributed by atoms with Gasteiger partial charge in [-0.05, 0) is 56.1 Å². The molecule has 1 saturated heterocycles. The number of nitrogens with two attached hydrogens (primary N) is 1. The zero-order valence-electron chi connectivity index (χ0n) is 11.6. The number of nitrogens with zero attached hydrogens (tertiary/aromatic N) is 1. The van der Waals surface area contributed by atoms with Gasteiger partial charge in [0.1, 0.15) is 0 Å². The SMILES string of the molecule is CC(C)CCN1CCC(C)(C)C(CCN)C1. The highest BCUT2D eigenvalue weighted by Gasteiger charge is 2.34. The van der Waals surface area contributed by atoms with Crippen molar-refractivity contribution in [2.45, 2.75) is 47.0 Å². The van der Waals surface area contributed by atoms with Gasteiger partial charge in [0.25, 0.3) is 0 Å². The summed E-state index contributed by atoms with van der Waals surface area (Å²) in [5, 5.41) is 0. The van der Waals surface area contributed by atoms with E-state index in [1.165, 1.54) is 38.9 Å². The van der Waals surface area contributed by atoms with Gasteiger partial charge in [0.05, 0.1) is 0 Å². The van der Waals surface area contributed by atoms with Crippen molar-refractivity contribution in [3.8, 4) is 0 Å². The van der Waals surface area contributed by atoms with Crippen LogP contribution in [0.2, 0.25) is 0 Å². The van der Waals surface area contributed by atoms with E-state index in [1.807, 2.05) is 0 Å². The molecule has 0 bridgehead atoms. The van der Waals surface area contributed by atoms with Crippen LogP contribution in [0.15, 0.2) is 0 Å². The summed E-state index contributed by atoms with van der Waals surface area (Å²) in [6.45, 7) is 14.1. The van der Waals surface area contributed by atoms with E-state index < -0.39 is 0 Å². The maximum atomic E-state index is 5.73. The molecule has 0 radical (unpaired) electrons. The lowest BCUT2D eigenvalue weighted by Crippen LogP contribution is -2.45. The maximum Gasteiger partial charge on any atom is 0.00152 e. The second-order valence-corrected chi connectivity index (χ2v) is 6.50. The standard InChI is InChI=1S/C14H30N2/c1-12(2)6-9-16-10-7-14(3,4)13(11-16)5-8-15/h12-13H,5-11,15H2,1-4H3. The second kappa shape index (κ2) is 6.02. The lowest BCUT2D eigenvalue weighted by Gasteiger charge is -2.44. The Morgan fingerprint density at radius 1 is 1.38 bits per heavy atom. The average molecular weight is 226 g/mol. The van der Waals surface area contributed by atoms with Gasteiger partial charge in [-0.1, -0.05) is 27.7 Å². The fourth-order valence-electron chi connectivity index (χ4n) is 2.63. The zero-order chi connectivity index (χ0) is 12.2. The first kappa shape index (κ1) is 14.0. The van der Waals surface area contributed by atoms with E-state index in [-0.39, 0.29) is 0 Å². The highest BCUT2D eigenvalue weighted by molar-refractivity contribution is 4.86. The average Bonchev–Trinajstić information content (AvgIpc) is 2.19. The Hall–Kier alpha value is -0.0800. The minimum Gasteiger partial charge on any atom is -0.330 e. The van der Waals surface area contributed by atoms with Crippen molar-refractivity contribution in [1.82, 2.24) is 4.90 Å². The molecular weight excluding hydrogens is 196 g/mol. The van der Waals surface area contributed by atoms with Crippen molar-refractivity contribution in [3.63, 3.8) is 0 Å². The number of piperidine rings is 1. The molecule has 0 spiro atoms. The first-order chi connectivity index (χ1) is 7.45. The molecule has 1 aliphatic rings. The highest BCUT2D eigenvalue weighted by atomic mass is 15.1. The summed E-state index contributed by atoms with van der Waals surface area (Å²) in [7, 11) is 0. The van der Waals surface area contributed by atoms with Crippen LogP contribution in [0.1, 0.15) is 47.0 Å². The van der Waals surface area contributed by atoms with E-state index in [4.69, 9.17) is 5.73 Å². The Bertz CT molecular complexity index is 197. The Morgan fingerprint density at radius 3 is 2.62 bits per heavy atom. The fourth-order valence-corrected chi connectivity index (χ4v) is 2.63. The third kappa shape index (κ3) is 4.06. The van der Waals surface area contributed by atoms with Crippen LogP contribution < -0.4 is 5.73 Å². The van der Waals surface area contributed by atoms with Gasteiger partial charge in [0.2, 0.25) is 0 Å². The molecule has 0 saturated carbocycles. The fraction of sp³-hybridized carbons (Fsp3) is 1.00. The summed E-state index contributed by atoms with van der Waals surface area (Å²) in [4.78, 5) is 2.64. The molecule has 2 heteroatoms. The van der Waals surface area contributed by atoms with Gasteiger partial charge < -0.3 is 10.6 Å². The summed E-state index contributed by atoms with van der Waals surface area (Å²) >= 11 is 0. The predicted octanol–water partition coefficient (Wildman–Crippen LogP) is 2.73. The van der Waals surface area contributed by atoms with Crippen molar-refractivity contribution in [2.75, 3.05) is 26.2 Å². The molecule has 1 atom stereocenters. The molecule has 0 aromatic heterocycles. The van der Waals surface area contributed by atoms with Crippen molar-refractivity contribution >= 4 is 0 Å². The van der Waals surface area contributed by atoms with Gasteiger partial charge in [0.15, 0.2) is 0 Å². The van der Waals surface area contributed by atoms with Gasteiger partial charge in [-0.3, -0.25) is 0 Å². The molecule has 0 amide bonds. The maximum absolute atomic E-state index is 5.73. The minimum absolute atomic E-state index is 0.494. The third-order valence-electron chi connectivity index (χ3n) is 4.19. The van der Waals surface area contributed by atoms with Crippen molar-refractivity contribution in [3.05, 3.63) is 0 Å². The van der Waals surface area contributed by atoms with E-state index in [0.717, 1.165) is 18.4 Å². The lowest BCUT2D eigenvalue weighted by atomic mass is 9.72. The molecule has 16 heavy (non-hydrogen) atoms. The van der Waals surface area contributed by atoms with Crippen LogP contribution in [0.3, 0.4) is 0 Å². The van der Waals surface area contributed by atoms with Crippen molar-refractivity contribution in [2.24, 2.45) is 23.0 Å². The van der Waals surface area contributed by atoms with Crippen molar-refractivity contribution in [1.29, 1.82) is 0 Å². The molecule has 1 rings (SSSR count). The Labute approximate surface area is 102 Å². The minimum atomic E-state index is 0.494. The Morgan fingerprint density at radius 2 is 2.06 bits per heavy atom. The van der Waals surface area contributed by atoms with Gasteiger partial charge in [-0.25, -0.2) is 0 Å². The van der Waals surface area contributed by atoms with Crippen LogP contribution in [0.5, 0.6) is 0 Å².